The average molecular weight is 185 g/mol. The van der Waals surface area contributed by atoms with Crippen molar-refractivity contribution >= 4 is 0 Å². The van der Waals surface area contributed by atoms with E-state index >= 15 is 0 Å². The lowest BCUT2D eigenvalue weighted by atomic mass is 10.1. The molecule has 0 bridgehead atoms. The van der Waals surface area contributed by atoms with Gasteiger partial charge in [0.1, 0.15) is 11.6 Å². The molecule has 0 aliphatic heterocycles. The number of phenolic OH excluding ortho intramolecular Hbond substituents is 1. The van der Waals surface area contributed by atoms with Gasteiger partial charge in [-0.05, 0) is 6.07 Å². The second kappa shape index (κ2) is 4.20. The average Bonchev–Trinajstić information content (AvgIpc) is 2.04. The molecule has 4 heteroatoms. The number of phenols is 1. The van der Waals surface area contributed by atoms with Gasteiger partial charge < -0.3 is 15.6 Å². The quantitative estimate of drug-likeness (QED) is 0.743. The zero-order valence-electron chi connectivity index (χ0n) is 7.33. The first-order valence-corrected chi connectivity index (χ1v) is 3.88. The molecule has 0 spiro atoms. The molecule has 0 heterocycles. The summed E-state index contributed by atoms with van der Waals surface area (Å²) in [6, 6.07) is 3.39. The van der Waals surface area contributed by atoms with Gasteiger partial charge in [0.15, 0.2) is 0 Å². The van der Waals surface area contributed by atoms with E-state index in [9.17, 15) is 4.39 Å². The van der Waals surface area contributed by atoms with Crippen molar-refractivity contribution in [2.45, 2.75) is 6.04 Å². The number of methoxy groups -OCH3 is 1. The van der Waals surface area contributed by atoms with E-state index < -0.39 is 11.9 Å². The second-order valence-electron chi connectivity index (χ2n) is 2.77. The van der Waals surface area contributed by atoms with Crippen molar-refractivity contribution in [2.24, 2.45) is 5.73 Å². The molecule has 1 aromatic carbocycles. The van der Waals surface area contributed by atoms with Gasteiger partial charge >= 0.3 is 0 Å². The van der Waals surface area contributed by atoms with Crippen LogP contribution >= 0.6 is 0 Å². The molecule has 0 radical (unpaired) electrons. The molecule has 3 N–H and O–H groups in total. The smallest absolute Gasteiger partial charge is 0.131 e. The Morgan fingerprint density at radius 2 is 2.31 bits per heavy atom. The Hall–Kier alpha value is -1.13. The number of hydrogen-bond acceptors (Lipinski definition) is 3. The van der Waals surface area contributed by atoms with E-state index in [1.807, 2.05) is 0 Å². The molecule has 1 atom stereocenters. The summed E-state index contributed by atoms with van der Waals surface area (Å²) in [6.45, 7) is 0.252. The Bertz CT molecular complexity index is 291. The van der Waals surface area contributed by atoms with E-state index in [2.05, 4.69) is 0 Å². The van der Waals surface area contributed by atoms with E-state index in [1.54, 1.807) is 0 Å². The third-order valence-corrected chi connectivity index (χ3v) is 1.73. The normalized spacial score (nSPS) is 12.8. The van der Waals surface area contributed by atoms with E-state index in [4.69, 9.17) is 15.6 Å². The molecule has 1 rings (SSSR count). The molecule has 13 heavy (non-hydrogen) atoms. The molecule has 0 fully saturated rings. The van der Waals surface area contributed by atoms with Crippen LogP contribution in [0.15, 0.2) is 18.2 Å². The highest BCUT2D eigenvalue weighted by Gasteiger charge is 2.11. The summed E-state index contributed by atoms with van der Waals surface area (Å²) in [4.78, 5) is 0. The van der Waals surface area contributed by atoms with E-state index in [0.717, 1.165) is 6.07 Å². The van der Waals surface area contributed by atoms with Crippen LogP contribution in [0.3, 0.4) is 0 Å². The molecule has 1 aromatic rings. The molecule has 0 aliphatic rings. The Balaban J connectivity index is 2.88. The number of benzene rings is 1. The Kier molecular flexibility index (Phi) is 3.22. The summed E-state index contributed by atoms with van der Waals surface area (Å²) in [5, 5.41) is 8.94. The summed E-state index contributed by atoms with van der Waals surface area (Å²) in [7, 11) is 1.50. The number of hydrogen-bond donors (Lipinski definition) is 2. The van der Waals surface area contributed by atoms with Crippen LogP contribution in [0.2, 0.25) is 0 Å². The van der Waals surface area contributed by atoms with Gasteiger partial charge in [0.2, 0.25) is 0 Å². The summed E-state index contributed by atoms with van der Waals surface area (Å²) < 4.78 is 17.9. The van der Waals surface area contributed by atoms with Crippen LogP contribution in [0.25, 0.3) is 0 Å². The van der Waals surface area contributed by atoms with Crippen LogP contribution in [0.1, 0.15) is 11.6 Å². The van der Waals surface area contributed by atoms with Crippen molar-refractivity contribution in [3.8, 4) is 5.75 Å². The molecular weight excluding hydrogens is 173 g/mol. The summed E-state index contributed by atoms with van der Waals surface area (Å²) in [6.07, 6.45) is 0. The van der Waals surface area contributed by atoms with Gasteiger partial charge in [-0.1, -0.05) is 6.07 Å². The fourth-order valence-corrected chi connectivity index (χ4v) is 1.09. The minimum atomic E-state index is -0.510. The zero-order valence-corrected chi connectivity index (χ0v) is 7.33. The van der Waals surface area contributed by atoms with E-state index in [0.29, 0.717) is 5.56 Å². The molecule has 0 saturated heterocycles. The number of nitrogens with two attached hydrogens (primary N) is 1. The Labute approximate surface area is 75.9 Å². The number of rotatable bonds is 3. The van der Waals surface area contributed by atoms with Crippen LogP contribution in [0.4, 0.5) is 4.39 Å². The second-order valence-corrected chi connectivity index (χ2v) is 2.77. The third-order valence-electron chi connectivity index (χ3n) is 1.73. The van der Waals surface area contributed by atoms with Gasteiger partial charge in [-0.2, -0.15) is 0 Å². The van der Waals surface area contributed by atoms with Crippen molar-refractivity contribution in [3.63, 3.8) is 0 Å². The SMILES string of the molecule is COC[C@H](N)c1ccc(O)cc1F. The predicted molar refractivity (Wildman–Crippen MR) is 46.9 cm³/mol. The van der Waals surface area contributed by atoms with Crippen LogP contribution in [0, 0.1) is 5.82 Å². The fourth-order valence-electron chi connectivity index (χ4n) is 1.09. The third kappa shape index (κ3) is 2.40. The molecule has 0 unspecified atom stereocenters. The molecule has 0 saturated carbocycles. The van der Waals surface area contributed by atoms with Crippen molar-refractivity contribution in [1.82, 2.24) is 0 Å². The summed E-state index contributed by atoms with van der Waals surface area (Å²) in [5.74, 6) is -0.615. The van der Waals surface area contributed by atoms with E-state index in [-0.39, 0.29) is 12.4 Å². The first-order valence-electron chi connectivity index (χ1n) is 3.88. The van der Waals surface area contributed by atoms with Gasteiger partial charge in [-0.15, -0.1) is 0 Å². The molecule has 72 valence electrons. The van der Waals surface area contributed by atoms with Crippen LogP contribution in [-0.4, -0.2) is 18.8 Å². The first kappa shape index (κ1) is 9.95. The highest BCUT2D eigenvalue weighted by atomic mass is 19.1. The maximum absolute atomic E-state index is 13.1. The van der Waals surface area contributed by atoms with Gasteiger partial charge in [0, 0.05) is 18.7 Å². The lowest BCUT2D eigenvalue weighted by molar-refractivity contribution is 0.179. The van der Waals surface area contributed by atoms with Gasteiger partial charge in [0.05, 0.1) is 12.6 Å². The minimum Gasteiger partial charge on any atom is -0.508 e. The fraction of sp³-hybridized carbons (Fsp3) is 0.333. The van der Waals surface area contributed by atoms with Gasteiger partial charge in [-0.25, -0.2) is 4.39 Å². The lowest BCUT2D eigenvalue weighted by Crippen LogP contribution is -2.17. The summed E-state index contributed by atoms with van der Waals surface area (Å²) >= 11 is 0. The van der Waals surface area contributed by atoms with Gasteiger partial charge in [0.25, 0.3) is 0 Å². The number of ether oxygens (including phenoxy) is 1. The molecule has 0 aliphatic carbocycles. The minimum absolute atomic E-state index is 0.106. The molecule has 3 nitrogen and oxygen atoms in total. The maximum atomic E-state index is 13.1. The molecule has 0 amide bonds. The molecule has 0 aromatic heterocycles. The topological polar surface area (TPSA) is 55.5 Å². The monoisotopic (exact) mass is 185 g/mol. The summed E-state index contributed by atoms with van der Waals surface area (Å²) in [5.41, 5.74) is 5.96. The van der Waals surface area contributed by atoms with Crippen molar-refractivity contribution in [1.29, 1.82) is 0 Å². The lowest BCUT2D eigenvalue weighted by Gasteiger charge is -2.11. The van der Waals surface area contributed by atoms with Crippen molar-refractivity contribution < 1.29 is 14.2 Å². The zero-order chi connectivity index (χ0) is 9.84. The van der Waals surface area contributed by atoms with E-state index in [1.165, 1.54) is 19.2 Å². The number of halogens is 1. The highest BCUT2D eigenvalue weighted by Crippen LogP contribution is 2.19. The maximum Gasteiger partial charge on any atom is 0.131 e. The standard InChI is InChI=1S/C9H12FNO2/c1-13-5-9(11)7-3-2-6(12)4-8(7)10/h2-4,9,12H,5,11H2,1H3/t9-/m0/s1. The Morgan fingerprint density at radius 3 is 2.85 bits per heavy atom. The Morgan fingerprint density at radius 1 is 1.62 bits per heavy atom. The first-order chi connectivity index (χ1) is 6.15. The van der Waals surface area contributed by atoms with Crippen LogP contribution < -0.4 is 5.73 Å². The van der Waals surface area contributed by atoms with Crippen LogP contribution in [0.5, 0.6) is 5.75 Å². The predicted octanol–water partition coefficient (Wildman–Crippen LogP) is 1.18. The van der Waals surface area contributed by atoms with Crippen LogP contribution in [-0.2, 0) is 4.74 Å². The van der Waals surface area contributed by atoms with Crippen molar-refractivity contribution in [2.75, 3.05) is 13.7 Å². The highest BCUT2D eigenvalue weighted by molar-refractivity contribution is 5.29. The van der Waals surface area contributed by atoms with Gasteiger partial charge in [-0.3, -0.25) is 0 Å². The number of aromatic hydroxyl groups is 1. The molecular formula is C9H12FNO2. The van der Waals surface area contributed by atoms with Crippen molar-refractivity contribution in [3.05, 3.63) is 29.6 Å². The largest absolute Gasteiger partial charge is 0.508 e.